The number of rotatable bonds is 3. The Morgan fingerprint density at radius 3 is 2.60 bits per heavy atom. The van der Waals surface area contributed by atoms with Crippen LogP contribution in [0, 0.1) is 22.7 Å². The molecule has 6 heteroatoms. The maximum atomic E-state index is 9.13. The third-order valence-electron chi connectivity index (χ3n) is 2.95. The highest BCUT2D eigenvalue weighted by Crippen LogP contribution is 2.16. The van der Waals surface area contributed by atoms with Crippen LogP contribution in [0.25, 0.3) is 0 Å². The summed E-state index contributed by atoms with van der Waals surface area (Å²) < 4.78 is 1.50. The molecule has 0 spiro atoms. The van der Waals surface area contributed by atoms with Crippen molar-refractivity contribution in [2.45, 2.75) is 26.3 Å². The van der Waals surface area contributed by atoms with Crippen molar-refractivity contribution < 1.29 is 0 Å². The molecule has 2 aromatic rings. The highest BCUT2D eigenvalue weighted by molar-refractivity contribution is 5.44. The van der Waals surface area contributed by atoms with E-state index < -0.39 is 0 Å². The predicted octanol–water partition coefficient (Wildman–Crippen LogP) is 1.78. The van der Waals surface area contributed by atoms with Crippen molar-refractivity contribution in [3.05, 3.63) is 41.0 Å². The summed E-state index contributed by atoms with van der Waals surface area (Å²) in [6.45, 7) is 4.45. The standard InChI is InChI=1S/C14H14N6/c1-9(2)11-5-3-4-10(18-11)8-20-13(7-16)12(6-15)19-14(20)17/h3-5,9H,8H2,1-2H3,(H2,17,19). The Kier molecular flexibility index (Phi) is 3.67. The summed E-state index contributed by atoms with van der Waals surface area (Å²) in [5.41, 5.74) is 7.73. The van der Waals surface area contributed by atoms with Gasteiger partial charge in [-0.05, 0) is 18.1 Å². The minimum Gasteiger partial charge on any atom is -0.369 e. The van der Waals surface area contributed by atoms with Crippen LogP contribution < -0.4 is 5.73 Å². The molecular weight excluding hydrogens is 252 g/mol. The fraction of sp³-hybridized carbons (Fsp3) is 0.286. The van der Waals surface area contributed by atoms with Gasteiger partial charge in [0.2, 0.25) is 5.95 Å². The first kappa shape index (κ1) is 13.6. The molecule has 0 aliphatic heterocycles. The number of nitrogens with two attached hydrogens (primary N) is 1. The van der Waals surface area contributed by atoms with Crippen LogP contribution in [0.3, 0.4) is 0 Å². The summed E-state index contributed by atoms with van der Waals surface area (Å²) in [5.74, 6) is 0.468. The molecule has 20 heavy (non-hydrogen) atoms. The molecule has 0 aliphatic carbocycles. The van der Waals surface area contributed by atoms with Crippen molar-refractivity contribution in [2.24, 2.45) is 0 Å². The largest absolute Gasteiger partial charge is 0.369 e. The number of hydrogen-bond acceptors (Lipinski definition) is 5. The molecule has 0 fully saturated rings. The van der Waals surface area contributed by atoms with Gasteiger partial charge in [0.15, 0.2) is 11.4 Å². The summed E-state index contributed by atoms with van der Waals surface area (Å²) in [6.07, 6.45) is 0. The molecule has 6 nitrogen and oxygen atoms in total. The van der Waals surface area contributed by atoms with Crippen LogP contribution in [0.1, 0.15) is 42.5 Å². The molecule has 2 aromatic heterocycles. The molecule has 0 aromatic carbocycles. The summed E-state index contributed by atoms with van der Waals surface area (Å²) in [5, 5.41) is 18.0. The van der Waals surface area contributed by atoms with Crippen molar-refractivity contribution >= 4 is 5.95 Å². The molecule has 0 bridgehead atoms. The summed E-state index contributed by atoms with van der Waals surface area (Å²) in [4.78, 5) is 8.41. The first-order chi connectivity index (χ1) is 9.56. The Hall–Kier alpha value is -2.86. The topological polar surface area (TPSA) is 104 Å². The van der Waals surface area contributed by atoms with Gasteiger partial charge >= 0.3 is 0 Å². The van der Waals surface area contributed by atoms with Crippen molar-refractivity contribution in [3.63, 3.8) is 0 Å². The summed E-state index contributed by atoms with van der Waals surface area (Å²) in [7, 11) is 0. The van der Waals surface area contributed by atoms with E-state index in [4.69, 9.17) is 16.3 Å². The van der Waals surface area contributed by atoms with Crippen LogP contribution in [0.15, 0.2) is 18.2 Å². The van der Waals surface area contributed by atoms with E-state index in [0.29, 0.717) is 12.5 Å². The van der Waals surface area contributed by atoms with Gasteiger partial charge < -0.3 is 5.73 Å². The fourth-order valence-corrected chi connectivity index (χ4v) is 1.89. The number of hydrogen-bond donors (Lipinski definition) is 1. The third kappa shape index (κ3) is 2.45. The second kappa shape index (κ2) is 5.41. The molecule has 2 heterocycles. The Labute approximate surface area is 117 Å². The Morgan fingerprint density at radius 2 is 2.00 bits per heavy atom. The second-order valence-electron chi connectivity index (χ2n) is 4.69. The molecule has 0 aliphatic rings. The van der Waals surface area contributed by atoms with E-state index in [1.54, 1.807) is 0 Å². The monoisotopic (exact) mass is 266 g/mol. The van der Waals surface area contributed by atoms with Crippen LogP contribution in [0.2, 0.25) is 0 Å². The highest BCUT2D eigenvalue weighted by atomic mass is 15.2. The second-order valence-corrected chi connectivity index (χ2v) is 4.69. The minimum atomic E-state index is 0.0463. The van der Waals surface area contributed by atoms with Gasteiger partial charge in [-0.1, -0.05) is 19.9 Å². The first-order valence-electron chi connectivity index (χ1n) is 6.18. The van der Waals surface area contributed by atoms with Crippen LogP contribution in [0.5, 0.6) is 0 Å². The van der Waals surface area contributed by atoms with E-state index in [0.717, 1.165) is 11.4 Å². The van der Waals surface area contributed by atoms with Gasteiger partial charge in [-0.3, -0.25) is 9.55 Å². The first-order valence-corrected chi connectivity index (χ1v) is 6.18. The quantitative estimate of drug-likeness (QED) is 0.911. The molecule has 0 unspecified atom stereocenters. The molecule has 0 amide bonds. The van der Waals surface area contributed by atoms with E-state index in [2.05, 4.69) is 23.8 Å². The van der Waals surface area contributed by atoms with Crippen molar-refractivity contribution in [1.29, 1.82) is 10.5 Å². The van der Waals surface area contributed by atoms with Crippen LogP contribution >= 0.6 is 0 Å². The lowest BCUT2D eigenvalue weighted by atomic mass is 10.1. The van der Waals surface area contributed by atoms with Crippen LogP contribution in [0.4, 0.5) is 5.95 Å². The van der Waals surface area contributed by atoms with Crippen LogP contribution in [-0.4, -0.2) is 14.5 Å². The van der Waals surface area contributed by atoms with E-state index in [9.17, 15) is 0 Å². The minimum absolute atomic E-state index is 0.0463. The van der Waals surface area contributed by atoms with Crippen molar-refractivity contribution in [3.8, 4) is 12.1 Å². The normalized spacial score (nSPS) is 10.2. The number of nitrogens with zero attached hydrogens (tertiary/aromatic N) is 5. The Morgan fingerprint density at radius 1 is 1.25 bits per heavy atom. The SMILES string of the molecule is CC(C)c1cccc(Cn2c(N)nc(C#N)c2C#N)n1. The zero-order chi connectivity index (χ0) is 14.7. The molecule has 2 rings (SSSR count). The van der Waals surface area contributed by atoms with E-state index >= 15 is 0 Å². The van der Waals surface area contributed by atoms with Crippen LogP contribution in [-0.2, 0) is 6.54 Å². The van der Waals surface area contributed by atoms with Gasteiger partial charge in [0.1, 0.15) is 12.1 Å². The summed E-state index contributed by atoms with van der Waals surface area (Å²) in [6, 6.07) is 9.57. The number of nitrogen functional groups attached to an aromatic ring is 1. The molecular formula is C14H14N6. The van der Waals surface area contributed by atoms with Crippen molar-refractivity contribution in [1.82, 2.24) is 14.5 Å². The lowest BCUT2D eigenvalue weighted by Gasteiger charge is -2.09. The third-order valence-corrected chi connectivity index (χ3v) is 2.95. The van der Waals surface area contributed by atoms with E-state index in [-0.39, 0.29) is 17.3 Å². The zero-order valence-electron chi connectivity index (χ0n) is 11.3. The molecule has 0 atom stereocenters. The highest BCUT2D eigenvalue weighted by Gasteiger charge is 2.15. The molecule has 0 radical (unpaired) electrons. The van der Waals surface area contributed by atoms with Crippen molar-refractivity contribution in [2.75, 3.05) is 5.73 Å². The van der Waals surface area contributed by atoms with E-state index in [1.807, 2.05) is 30.3 Å². The van der Waals surface area contributed by atoms with Gasteiger partial charge in [-0.15, -0.1) is 0 Å². The number of aromatic nitrogens is 3. The lowest BCUT2D eigenvalue weighted by Crippen LogP contribution is -2.09. The molecule has 100 valence electrons. The smallest absolute Gasteiger partial charge is 0.202 e. The van der Waals surface area contributed by atoms with Gasteiger partial charge in [0.25, 0.3) is 0 Å². The average Bonchev–Trinajstić information content (AvgIpc) is 2.75. The molecule has 0 saturated carbocycles. The Balaban J connectivity index is 2.41. The summed E-state index contributed by atoms with van der Waals surface area (Å²) >= 11 is 0. The van der Waals surface area contributed by atoms with E-state index in [1.165, 1.54) is 4.57 Å². The predicted molar refractivity (Wildman–Crippen MR) is 73.5 cm³/mol. The van der Waals surface area contributed by atoms with Gasteiger partial charge in [-0.2, -0.15) is 10.5 Å². The van der Waals surface area contributed by atoms with Gasteiger partial charge in [0.05, 0.1) is 12.2 Å². The number of nitriles is 2. The molecule has 0 saturated heterocycles. The lowest BCUT2D eigenvalue weighted by molar-refractivity contribution is 0.746. The number of anilines is 1. The maximum Gasteiger partial charge on any atom is 0.202 e. The number of imidazole rings is 1. The van der Waals surface area contributed by atoms with Gasteiger partial charge in [0, 0.05) is 5.69 Å². The fourth-order valence-electron chi connectivity index (χ4n) is 1.89. The Bertz CT molecular complexity index is 714. The molecule has 2 N–H and O–H groups in total. The number of pyridine rings is 1. The zero-order valence-corrected chi connectivity index (χ0v) is 11.3. The maximum absolute atomic E-state index is 9.13. The van der Waals surface area contributed by atoms with Gasteiger partial charge in [-0.25, -0.2) is 4.98 Å². The average molecular weight is 266 g/mol.